The highest BCUT2D eigenvalue weighted by atomic mass is 32.2. The summed E-state index contributed by atoms with van der Waals surface area (Å²) in [6, 6.07) is 7.10. The molecule has 12 N–H and O–H groups in total. The average molecular weight is 1010 g/mol. The van der Waals surface area contributed by atoms with Crippen molar-refractivity contribution in [2.45, 2.75) is 34.8 Å². The number of rotatable bonds is 26. The van der Waals surface area contributed by atoms with Crippen LogP contribution in [0.4, 0.5) is 47.1 Å². The summed E-state index contributed by atoms with van der Waals surface area (Å²) < 4.78 is 134. The smallest absolute Gasteiger partial charge is 0.295 e. The van der Waals surface area contributed by atoms with Gasteiger partial charge in [0.1, 0.15) is 9.79 Å². The Morgan fingerprint density at radius 1 is 0.561 bits per heavy atom. The molecule has 66 heavy (non-hydrogen) atoms. The molecular formula is C34H48N12O16S4. The molecule has 2 aromatic carbocycles. The Hall–Kier alpha value is -5.52. The zero-order valence-electron chi connectivity index (χ0n) is 34.9. The highest BCUT2D eigenvalue weighted by Crippen LogP contribution is 2.29. The lowest BCUT2D eigenvalue weighted by Crippen LogP contribution is -2.27. The van der Waals surface area contributed by atoms with Gasteiger partial charge in [-0.25, -0.2) is 0 Å². The molecule has 0 aliphatic rings. The van der Waals surface area contributed by atoms with Crippen LogP contribution in [0.15, 0.2) is 46.2 Å². The van der Waals surface area contributed by atoms with E-state index in [1.165, 1.54) is 48.2 Å². The van der Waals surface area contributed by atoms with Crippen molar-refractivity contribution in [3.05, 3.63) is 47.5 Å². The van der Waals surface area contributed by atoms with Crippen LogP contribution in [0.5, 0.6) is 0 Å². The fourth-order valence-electron chi connectivity index (χ4n) is 5.38. The van der Waals surface area contributed by atoms with Gasteiger partial charge in [0.15, 0.2) is 0 Å². The molecule has 0 bridgehead atoms. The Balaban J connectivity index is 1.66. The number of hydrogen-bond acceptors (Lipinski definition) is 24. The molecule has 2 unspecified atom stereocenters. The summed E-state index contributed by atoms with van der Waals surface area (Å²) in [6.45, 7) is -1.42. The van der Waals surface area contributed by atoms with E-state index < -0.39 is 87.2 Å². The van der Waals surface area contributed by atoms with Crippen molar-refractivity contribution in [3.8, 4) is 0 Å². The summed E-state index contributed by atoms with van der Waals surface area (Å²) in [6.07, 6.45) is 0.334. The van der Waals surface area contributed by atoms with Gasteiger partial charge in [0, 0.05) is 51.6 Å². The lowest BCUT2D eigenvalue weighted by Gasteiger charge is -2.20. The molecule has 364 valence electrons. The second kappa shape index (κ2) is 22.8. The molecule has 4 aromatic rings. The molecule has 0 saturated carbocycles. The number of nitrogens with one attached hydrogen (secondary N) is 4. The topological polar surface area (TPSA) is 430 Å². The zero-order chi connectivity index (χ0) is 49.0. The summed E-state index contributed by atoms with van der Waals surface area (Å²) in [4.78, 5) is 26.7. The van der Waals surface area contributed by atoms with Crippen LogP contribution < -0.4 is 31.1 Å². The molecule has 2 aromatic heterocycles. The van der Waals surface area contributed by atoms with Gasteiger partial charge in [-0.1, -0.05) is 24.3 Å². The Labute approximate surface area is 378 Å². The highest BCUT2D eigenvalue weighted by molar-refractivity contribution is 7.86. The summed E-state index contributed by atoms with van der Waals surface area (Å²) >= 11 is 0. The Morgan fingerprint density at radius 3 is 1.23 bits per heavy atom. The van der Waals surface area contributed by atoms with Crippen LogP contribution in [-0.4, -0.2) is 179 Å². The Bertz CT molecular complexity index is 2620. The van der Waals surface area contributed by atoms with Crippen molar-refractivity contribution in [3.63, 3.8) is 0 Å². The maximum Gasteiger partial charge on any atom is 0.295 e. The lowest BCUT2D eigenvalue weighted by atomic mass is 10.1. The third-order valence-corrected chi connectivity index (χ3v) is 12.0. The van der Waals surface area contributed by atoms with Crippen LogP contribution in [0.25, 0.3) is 12.2 Å². The first kappa shape index (κ1) is 53.1. The minimum Gasteiger partial charge on any atom is -0.394 e. The first-order valence-electron chi connectivity index (χ1n) is 19.1. The lowest BCUT2D eigenvalue weighted by molar-refractivity contribution is 0.0899. The molecule has 0 aliphatic heterocycles. The van der Waals surface area contributed by atoms with Gasteiger partial charge >= 0.3 is 0 Å². The molecule has 28 nitrogen and oxygen atoms in total. The van der Waals surface area contributed by atoms with Gasteiger partial charge in [0.05, 0.1) is 36.9 Å². The molecule has 0 fully saturated rings. The van der Waals surface area contributed by atoms with Gasteiger partial charge in [-0.15, -0.1) is 0 Å². The second-order valence-corrected chi connectivity index (χ2v) is 20.0. The number of nitrogens with zero attached hydrogens (tertiary/aromatic N) is 8. The number of aliphatic hydroxyl groups is 4. The largest absolute Gasteiger partial charge is 0.394 e. The maximum atomic E-state index is 12.6. The van der Waals surface area contributed by atoms with Gasteiger partial charge in [-0.05, 0) is 48.2 Å². The minimum atomic E-state index is -5.00. The van der Waals surface area contributed by atoms with Crippen LogP contribution >= 0.6 is 0 Å². The van der Waals surface area contributed by atoms with E-state index >= 15 is 0 Å². The number of anilines is 8. The fourth-order valence-corrected chi connectivity index (χ4v) is 7.52. The van der Waals surface area contributed by atoms with Crippen LogP contribution in [0.3, 0.4) is 0 Å². The predicted molar refractivity (Wildman–Crippen MR) is 239 cm³/mol. The molecule has 0 radical (unpaired) electrons. The van der Waals surface area contributed by atoms with Crippen molar-refractivity contribution < 1.29 is 72.3 Å². The number of benzene rings is 2. The second-order valence-electron chi connectivity index (χ2n) is 14.1. The first-order valence-corrected chi connectivity index (χ1v) is 25.2. The Kier molecular flexibility index (Phi) is 18.3. The van der Waals surface area contributed by atoms with Crippen molar-refractivity contribution in [2.24, 2.45) is 0 Å². The fraction of sp³-hybridized carbons (Fsp3) is 0.412. The molecule has 0 amide bonds. The molecular weight excluding hydrogens is 961 g/mol. The van der Waals surface area contributed by atoms with Crippen LogP contribution in [-0.2, 0) is 40.5 Å². The number of aromatic nitrogens is 6. The molecule has 2 heterocycles. The quantitative estimate of drug-likeness (QED) is 0.0270. The number of hydrogen-bond donors (Lipinski definition) is 12. The third-order valence-electron chi connectivity index (χ3n) is 8.77. The van der Waals surface area contributed by atoms with E-state index in [1.54, 1.807) is 0 Å². The standard InChI is InChI=1S/C34H48N12O16S4/c1-45(13-9-25(49)19-47)33-41-29(35-11-15-63(51,52)53)39-31(43-33)37-23-7-5-21(27(17-23)65(57,58)59)3-4-22-6-8-24(18-28(22)66(60,61)62)38-32-40-30(36-12-16-64(54,55)56)42-34(44-32)46(2)14-10-26(50)20-48/h3-8,17-18,25-26,47-50H,9-16,19-20H2,1-2H3,(H,51,52,53)(H,54,55,56)(H,57,58,59)(H,60,61,62)(H2,35,37,39,41,43)(H2,36,38,40,42,44). The van der Waals surface area contributed by atoms with Crippen LogP contribution in [0.1, 0.15) is 24.0 Å². The Morgan fingerprint density at radius 2 is 0.909 bits per heavy atom. The maximum absolute atomic E-state index is 12.6. The van der Waals surface area contributed by atoms with Gasteiger partial charge in [-0.2, -0.15) is 63.6 Å². The monoisotopic (exact) mass is 1010 g/mol. The summed E-state index contributed by atoms with van der Waals surface area (Å²) in [7, 11) is -15.7. The molecule has 0 saturated heterocycles. The first-order chi connectivity index (χ1) is 30.7. The van der Waals surface area contributed by atoms with Crippen LogP contribution in [0.2, 0.25) is 0 Å². The summed E-state index contributed by atoms with van der Waals surface area (Å²) in [5, 5.41) is 48.7. The summed E-state index contributed by atoms with van der Waals surface area (Å²) in [5.41, 5.74) is -0.360. The van der Waals surface area contributed by atoms with E-state index in [9.17, 15) is 63.2 Å². The van der Waals surface area contributed by atoms with Crippen LogP contribution in [0, 0.1) is 0 Å². The minimum absolute atomic E-state index is 0.0135. The molecule has 0 aliphatic carbocycles. The normalized spacial score (nSPS) is 13.3. The third kappa shape index (κ3) is 17.4. The van der Waals surface area contributed by atoms with Gasteiger partial charge in [0.2, 0.25) is 35.7 Å². The van der Waals surface area contributed by atoms with Gasteiger partial charge in [-0.3, -0.25) is 18.2 Å². The van der Waals surface area contributed by atoms with Crippen molar-refractivity contribution in [1.82, 2.24) is 29.9 Å². The van der Waals surface area contributed by atoms with Crippen molar-refractivity contribution >= 4 is 99.7 Å². The SMILES string of the molecule is CN(CCC(O)CO)c1nc(NCCS(=O)(=O)O)nc(Nc2ccc(C=Cc3ccc(Nc4nc(NCCS(=O)(=O)O)nc(N(C)CCC(O)CO)n4)cc3S(=O)(=O)O)c(S(=O)(=O)O)c2)n1. The van der Waals surface area contributed by atoms with E-state index in [0.717, 1.165) is 24.3 Å². The average Bonchev–Trinajstić information content (AvgIpc) is 3.22. The number of aliphatic hydroxyl groups excluding tert-OH is 4. The van der Waals surface area contributed by atoms with Gasteiger partial charge < -0.3 is 51.5 Å². The molecule has 2 atom stereocenters. The molecule has 32 heteroatoms. The zero-order valence-corrected chi connectivity index (χ0v) is 38.2. The predicted octanol–water partition coefficient (Wildman–Crippen LogP) is -0.834. The van der Waals surface area contributed by atoms with Gasteiger partial charge in [0.25, 0.3) is 40.5 Å². The van der Waals surface area contributed by atoms with E-state index in [4.69, 9.17) is 9.11 Å². The highest BCUT2D eigenvalue weighted by Gasteiger charge is 2.21. The van der Waals surface area contributed by atoms with E-state index in [2.05, 4.69) is 51.2 Å². The van der Waals surface area contributed by atoms with E-state index in [0.29, 0.717) is 0 Å². The van der Waals surface area contributed by atoms with E-state index in [1.807, 2.05) is 0 Å². The van der Waals surface area contributed by atoms with E-state index in [-0.39, 0.29) is 97.2 Å². The molecule has 4 rings (SSSR count). The molecule has 0 spiro atoms. The summed E-state index contributed by atoms with van der Waals surface area (Å²) in [5.74, 6) is -2.26. The van der Waals surface area contributed by atoms with Crippen molar-refractivity contribution in [2.75, 3.05) is 96.1 Å². The van der Waals surface area contributed by atoms with Crippen molar-refractivity contribution in [1.29, 1.82) is 0 Å².